The summed E-state index contributed by atoms with van der Waals surface area (Å²) in [5.41, 5.74) is 0.788. The first kappa shape index (κ1) is 15.3. The van der Waals surface area contributed by atoms with Crippen LogP contribution in [0.2, 0.25) is 0 Å². The summed E-state index contributed by atoms with van der Waals surface area (Å²) in [6, 6.07) is 4.92. The summed E-state index contributed by atoms with van der Waals surface area (Å²) in [5, 5.41) is 3.20. The lowest BCUT2D eigenvalue weighted by molar-refractivity contribution is -0.151. The van der Waals surface area contributed by atoms with Gasteiger partial charge in [0.05, 0.1) is 27.4 Å². The number of carbonyl (C=O) groups excluding carboxylic acids is 2. The first-order chi connectivity index (χ1) is 10.1. The highest BCUT2D eigenvalue weighted by Crippen LogP contribution is 2.34. The van der Waals surface area contributed by atoms with Gasteiger partial charge in [0.2, 0.25) is 0 Å². The molecule has 2 atom stereocenters. The molecule has 0 unspecified atom stereocenters. The van der Waals surface area contributed by atoms with E-state index < -0.39 is 17.9 Å². The number of piperidine rings is 1. The predicted octanol–water partition coefficient (Wildman–Crippen LogP) is 1.10. The maximum Gasteiger partial charge on any atom is 0.318 e. The van der Waals surface area contributed by atoms with E-state index in [1.165, 1.54) is 7.11 Å². The molecule has 0 radical (unpaired) electrons. The predicted molar refractivity (Wildman–Crippen MR) is 75.4 cm³/mol. The van der Waals surface area contributed by atoms with Crippen molar-refractivity contribution in [3.63, 3.8) is 0 Å². The first-order valence-corrected chi connectivity index (χ1v) is 6.68. The van der Waals surface area contributed by atoms with Gasteiger partial charge in [-0.3, -0.25) is 9.59 Å². The van der Waals surface area contributed by atoms with E-state index in [0.29, 0.717) is 24.5 Å². The van der Waals surface area contributed by atoms with Crippen molar-refractivity contribution < 1.29 is 23.8 Å². The molecule has 0 saturated carbocycles. The smallest absolute Gasteiger partial charge is 0.318 e. The summed E-state index contributed by atoms with van der Waals surface area (Å²) in [7, 11) is 4.38. The summed E-state index contributed by atoms with van der Waals surface area (Å²) in [4.78, 5) is 24.0. The number of methoxy groups -OCH3 is 3. The van der Waals surface area contributed by atoms with Crippen molar-refractivity contribution in [1.82, 2.24) is 5.32 Å². The molecular weight excluding hydrogens is 274 g/mol. The third-order valence-electron chi connectivity index (χ3n) is 3.64. The van der Waals surface area contributed by atoms with Crippen LogP contribution in [0.3, 0.4) is 0 Å². The van der Waals surface area contributed by atoms with Crippen LogP contribution in [0.5, 0.6) is 11.5 Å². The number of esters is 1. The Bertz CT molecular complexity index is 535. The quantitative estimate of drug-likeness (QED) is 0.662. The van der Waals surface area contributed by atoms with E-state index in [9.17, 15) is 9.59 Å². The van der Waals surface area contributed by atoms with E-state index in [1.807, 2.05) is 6.07 Å². The average Bonchev–Trinajstić information content (AvgIpc) is 2.53. The molecule has 114 valence electrons. The number of carbonyl (C=O) groups is 2. The molecule has 21 heavy (non-hydrogen) atoms. The molecular formula is C15H19NO5. The SMILES string of the molecule is COC(=O)[C@H]1C(=O)CCN[C@@H]1c1ccc(OC)c(OC)c1. The van der Waals surface area contributed by atoms with Crippen LogP contribution in [0.15, 0.2) is 18.2 Å². The molecule has 0 aliphatic carbocycles. The zero-order valence-electron chi connectivity index (χ0n) is 12.3. The van der Waals surface area contributed by atoms with Crippen LogP contribution in [0, 0.1) is 5.92 Å². The van der Waals surface area contributed by atoms with Crippen LogP contribution in [-0.2, 0) is 14.3 Å². The number of nitrogens with one attached hydrogen (secondary N) is 1. The summed E-state index contributed by atoms with van der Waals surface area (Å²) in [5.74, 6) is -0.314. The van der Waals surface area contributed by atoms with Gasteiger partial charge >= 0.3 is 5.97 Å². The molecule has 1 saturated heterocycles. The third kappa shape index (κ3) is 3.00. The second-order valence-corrected chi connectivity index (χ2v) is 4.76. The standard InChI is InChI=1S/C15H19NO5/c1-19-11-5-4-9(8-12(11)20-2)14-13(15(18)21-3)10(17)6-7-16-14/h4-5,8,13-14,16H,6-7H2,1-3H3/t13-,14+/m0/s1. The van der Waals surface area contributed by atoms with Crippen molar-refractivity contribution in [1.29, 1.82) is 0 Å². The van der Waals surface area contributed by atoms with Gasteiger partial charge in [-0.2, -0.15) is 0 Å². The van der Waals surface area contributed by atoms with Gasteiger partial charge in [0.15, 0.2) is 11.5 Å². The van der Waals surface area contributed by atoms with E-state index in [0.717, 1.165) is 5.56 Å². The molecule has 0 bridgehead atoms. The maximum absolute atomic E-state index is 12.1. The number of rotatable bonds is 4. The van der Waals surface area contributed by atoms with Gasteiger partial charge in [0, 0.05) is 13.0 Å². The fourth-order valence-electron chi connectivity index (χ4n) is 2.56. The minimum Gasteiger partial charge on any atom is -0.493 e. The Labute approximate surface area is 123 Å². The van der Waals surface area contributed by atoms with E-state index in [-0.39, 0.29) is 5.78 Å². The molecule has 1 aliphatic heterocycles. The minimum absolute atomic E-state index is 0.111. The van der Waals surface area contributed by atoms with Crippen molar-refractivity contribution >= 4 is 11.8 Å². The zero-order valence-corrected chi connectivity index (χ0v) is 12.3. The number of ketones is 1. The molecule has 1 aromatic rings. The lowest BCUT2D eigenvalue weighted by Crippen LogP contribution is -2.44. The molecule has 0 aromatic heterocycles. The van der Waals surface area contributed by atoms with Crippen molar-refractivity contribution in [2.45, 2.75) is 12.5 Å². The molecule has 6 heteroatoms. The summed E-state index contributed by atoms with van der Waals surface area (Å²) in [6.07, 6.45) is 0.323. The molecule has 0 spiro atoms. The number of ether oxygens (including phenoxy) is 3. The summed E-state index contributed by atoms with van der Waals surface area (Å²) >= 11 is 0. The number of hydrogen-bond donors (Lipinski definition) is 1. The van der Waals surface area contributed by atoms with Crippen LogP contribution >= 0.6 is 0 Å². The highest BCUT2D eigenvalue weighted by atomic mass is 16.5. The summed E-state index contributed by atoms with van der Waals surface area (Å²) in [6.45, 7) is 0.533. The fraction of sp³-hybridized carbons (Fsp3) is 0.467. The van der Waals surface area contributed by atoms with Gasteiger partial charge in [0.25, 0.3) is 0 Å². The third-order valence-corrected chi connectivity index (χ3v) is 3.64. The highest BCUT2D eigenvalue weighted by molar-refractivity contribution is 6.00. The van der Waals surface area contributed by atoms with E-state index in [2.05, 4.69) is 5.32 Å². The lowest BCUT2D eigenvalue weighted by Gasteiger charge is -2.30. The summed E-state index contributed by atoms with van der Waals surface area (Å²) < 4.78 is 15.2. The molecule has 2 rings (SSSR count). The number of Topliss-reactive ketones (excluding diaryl/α,β-unsaturated/α-hetero) is 1. The van der Waals surface area contributed by atoms with E-state index in [1.54, 1.807) is 26.4 Å². The van der Waals surface area contributed by atoms with Gasteiger partial charge in [-0.05, 0) is 17.7 Å². The topological polar surface area (TPSA) is 73.9 Å². The van der Waals surface area contributed by atoms with Crippen LogP contribution in [-0.4, -0.2) is 39.6 Å². The second-order valence-electron chi connectivity index (χ2n) is 4.76. The fourth-order valence-corrected chi connectivity index (χ4v) is 2.56. The van der Waals surface area contributed by atoms with Crippen molar-refractivity contribution in [3.05, 3.63) is 23.8 Å². The lowest BCUT2D eigenvalue weighted by atomic mass is 9.85. The van der Waals surface area contributed by atoms with Crippen LogP contribution in [0.1, 0.15) is 18.0 Å². The molecule has 1 heterocycles. The Hall–Kier alpha value is -2.08. The average molecular weight is 293 g/mol. The monoisotopic (exact) mass is 293 g/mol. The van der Waals surface area contributed by atoms with Gasteiger partial charge in [0.1, 0.15) is 11.7 Å². The Morgan fingerprint density at radius 3 is 2.52 bits per heavy atom. The van der Waals surface area contributed by atoms with Crippen LogP contribution in [0.4, 0.5) is 0 Å². The maximum atomic E-state index is 12.1. The minimum atomic E-state index is -0.832. The normalized spacial score (nSPS) is 21.8. The van der Waals surface area contributed by atoms with Gasteiger partial charge < -0.3 is 19.5 Å². The Morgan fingerprint density at radius 1 is 1.19 bits per heavy atom. The second kappa shape index (κ2) is 6.58. The van der Waals surface area contributed by atoms with Crippen molar-refractivity contribution in [3.8, 4) is 11.5 Å². The van der Waals surface area contributed by atoms with Crippen LogP contribution < -0.4 is 14.8 Å². The molecule has 1 aromatic carbocycles. The largest absolute Gasteiger partial charge is 0.493 e. The highest BCUT2D eigenvalue weighted by Gasteiger charge is 2.39. The first-order valence-electron chi connectivity index (χ1n) is 6.68. The molecule has 1 N–H and O–H groups in total. The Kier molecular flexibility index (Phi) is 4.80. The number of hydrogen-bond acceptors (Lipinski definition) is 6. The van der Waals surface area contributed by atoms with Gasteiger partial charge in [-0.1, -0.05) is 6.07 Å². The molecule has 0 amide bonds. The van der Waals surface area contributed by atoms with Crippen LogP contribution in [0.25, 0.3) is 0 Å². The van der Waals surface area contributed by atoms with Gasteiger partial charge in [-0.25, -0.2) is 0 Å². The zero-order chi connectivity index (χ0) is 15.4. The van der Waals surface area contributed by atoms with Crippen molar-refractivity contribution in [2.75, 3.05) is 27.9 Å². The Morgan fingerprint density at radius 2 is 1.90 bits per heavy atom. The number of benzene rings is 1. The van der Waals surface area contributed by atoms with Crippen molar-refractivity contribution in [2.24, 2.45) is 5.92 Å². The van der Waals surface area contributed by atoms with E-state index in [4.69, 9.17) is 14.2 Å². The molecule has 1 aliphatic rings. The molecule has 1 fully saturated rings. The molecule has 6 nitrogen and oxygen atoms in total. The Balaban J connectivity index is 2.37. The van der Waals surface area contributed by atoms with Gasteiger partial charge in [-0.15, -0.1) is 0 Å². The van der Waals surface area contributed by atoms with E-state index >= 15 is 0 Å².